The lowest BCUT2D eigenvalue weighted by molar-refractivity contribution is 0.00892. The van der Waals surface area contributed by atoms with Gasteiger partial charge in [0.25, 0.3) is 0 Å². The van der Waals surface area contributed by atoms with Crippen LogP contribution in [-0.2, 0) is 9.47 Å². The summed E-state index contributed by atoms with van der Waals surface area (Å²) < 4.78 is 10.8. The summed E-state index contributed by atoms with van der Waals surface area (Å²) in [4.78, 5) is 0. The van der Waals surface area contributed by atoms with E-state index < -0.39 is 0 Å². The molecule has 0 spiro atoms. The fraction of sp³-hybridized carbons (Fsp3) is 0.833. The average molecular weight is 215 g/mol. The molecule has 0 aliphatic carbocycles. The van der Waals surface area contributed by atoms with E-state index in [1.54, 1.807) is 7.11 Å². The van der Waals surface area contributed by atoms with Gasteiger partial charge in [0.15, 0.2) is 0 Å². The lowest BCUT2D eigenvalue weighted by atomic mass is 10.1. The van der Waals surface area contributed by atoms with Crippen LogP contribution in [0.15, 0.2) is 12.2 Å². The molecule has 0 radical (unpaired) electrons. The quantitative estimate of drug-likeness (QED) is 0.659. The molecule has 15 heavy (non-hydrogen) atoms. The molecule has 0 aromatic rings. The maximum absolute atomic E-state index is 5.64. The van der Waals surface area contributed by atoms with E-state index in [0.717, 1.165) is 6.54 Å². The summed E-state index contributed by atoms with van der Waals surface area (Å²) >= 11 is 0. The van der Waals surface area contributed by atoms with E-state index in [2.05, 4.69) is 26.1 Å². The molecular weight excluding hydrogens is 190 g/mol. The number of ether oxygens (including phenoxy) is 2. The van der Waals surface area contributed by atoms with Crippen LogP contribution in [0, 0.1) is 0 Å². The van der Waals surface area contributed by atoms with Crippen LogP contribution in [-0.4, -0.2) is 38.5 Å². The van der Waals surface area contributed by atoms with Gasteiger partial charge in [0.05, 0.1) is 19.3 Å². The molecule has 0 aliphatic heterocycles. The van der Waals surface area contributed by atoms with E-state index in [-0.39, 0.29) is 11.6 Å². The predicted molar refractivity (Wildman–Crippen MR) is 64.2 cm³/mol. The maximum atomic E-state index is 5.64. The Morgan fingerprint density at radius 1 is 1.33 bits per heavy atom. The molecule has 0 bridgehead atoms. The first-order chi connectivity index (χ1) is 6.99. The summed E-state index contributed by atoms with van der Waals surface area (Å²) in [7, 11) is 1.70. The molecule has 0 heterocycles. The van der Waals surface area contributed by atoms with Crippen molar-refractivity contribution >= 4 is 0 Å². The molecule has 0 aromatic heterocycles. The highest BCUT2D eigenvalue weighted by Gasteiger charge is 2.13. The Morgan fingerprint density at radius 2 is 2.00 bits per heavy atom. The summed E-state index contributed by atoms with van der Waals surface area (Å²) in [6.45, 7) is 10.5. The van der Waals surface area contributed by atoms with Crippen LogP contribution in [0.25, 0.3) is 0 Å². The number of hydrogen-bond acceptors (Lipinski definition) is 3. The number of rotatable bonds is 7. The van der Waals surface area contributed by atoms with Gasteiger partial charge in [-0.05, 0) is 27.7 Å². The van der Waals surface area contributed by atoms with Crippen LogP contribution in [0.5, 0.6) is 0 Å². The second-order valence-electron chi connectivity index (χ2n) is 4.61. The molecule has 3 heteroatoms. The maximum Gasteiger partial charge on any atom is 0.0936 e. The number of allylic oxidation sites excluding steroid dienone is 1. The SMILES string of the molecule is C/C=C/COC(CNC(C)(C)C)COC. The van der Waals surface area contributed by atoms with Crippen molar-refractivity contribution in [3.05, 3.63) is 12.2 Å². The van der Waals surface area contributed by atoms with Gasteiger partial charge in [-0.15, -0.1) is 0 Å². The third kappa shape index (κ3) is 9.91. The van der Waals surface area contributed by atoms with Crippen LogP contribution in [0.2, 0.25) is 0 Å². The number of methoxy groups -OCH3 is 1. The van der Waals surface area contributed by atoms with E-state index in [1.807, 2.05) is 19.1 Å². The van der Waals surface area contributed by atoms with Crippen molar-refractivity contribution in [3.8, 4) is 0 Å². The van der Waals surface area contributed by atoms with Crippen LogP contribution >= 0.6 is 0 Å². The molecule has 1 atom stereocenters. The molecule has 0 aromatic carbocycles. The van der Waals surface area contributed by atoms with Gasteiger partial charge < -0.3 is 14.8 Å². The highest BCUT2D eigenvalue weighted by Crippen LogP contribution is 2.00. The minimum Gasteiger partial charge on any atom is -0.382 e. The lowest BCUT2D eigenvalue weighted by Gasteiger charge is -2.24. The van der Waals surface area contributed by atoms with Crippen molar-refractivity contribution in [2.24, 2.45) is 0 Å². The van der Waals surface area contributed by atoms with E-state index in [4.69, 9.17) is 9.47 Å². The fourth-order valence-electron chi connectivity index (χ4n) is 1.06. The van der Waals surface area contributed by atoms with Crippen LogP contribution in [0.3, 0.4) is 0 Å². The molecule has 0 saturated carbocycles. The molecule has 1 unspecified atom stereocenters. The van der Waals surface area contributed by atoms with Gasteiger partial charge in [-0.2, -0.15) is 0 Å². The molecule has 90 valence electrons. The Hall–Kier alpha value is -0.380. The van der Waals surface area contributed by atoms with Crippen molar-refractivity contribution in [2.75, 3.05) is 26.9 Å². The normalized spacial score (nSPS) is 14.7. The van der Waals surface area contributed by atoms with Crippen LogP contribution < -0.4 is 5.32 Å². The first-order valence-corrected chi connectivity index (χ1v) is 5.46. The van der Waals surface area contributed by atoms with E-state index in [0.29, 0.717) is 13.2 Å². The topological polar surface area (TPSA) is 30.5 Å². The Labute approximate surface area is 93.8 Å². The van der Waals surface area contributed by atoms with Crippen molar-refractivity contribution in [2.45, 2.75) is 39.3 Å². The van der Waals surface area contributed by atoms with Gasteiger partial charge in [-0.3, -0.25) is 0 Å². The molecule has 0 fully saturated rings. The van der Waals surface area contributed by atoms with Gasteiger partial charge in [-0.25, -0.2) is 0 Å². The monoisotopic (exact) mass is 215 g/mol. The van der Waals surface area contributed by atoms with Crippen molar-refractivity contribution < 1.29 is 9.47 Å². The Balaban J connectivity index is 3.82. The molecule has 0 rings (SSSR count). The second-order valence-corrected chi connectivity index (χ2v) is 4.61. The number of nitrogens with one attached hydrogen (secondary N) is 1. The summed E-state index contributed by atoms with van der Waals surface area (Å²) in [6, 6.07) is 0. The summed E-state index contributed by atoms with van der Waals surface area (Å²) in [5.74, 6) is 0. The van der Waals surface area contributed by atoms with E-state index >= 15 is 0 Å². The Morgan fingerprint density at radius 3 is 2.47 bits per heavy atom. The molecular formula is C12H25NO2. The smallest absolute Gasteiger partial charge is 0.0936 e. The average Bonchev–Trinajstić information content (AvgIpc) is 2.13. The Kier molecular flexibility index (Phi) is 7.65. The zero-order valence-electron chi connectivity index (χ0n) is 10.7. The molecule has 1 N–H and O–H groups in total. The van der Waals surface area contributed by atoms with Crippen molar-refractivity contribution in [3.63, 3.8) is 0 Å². The predicted octanol–water partition coefficient (Wildman–Crippen LogP) is 1.98. The van der Waals surface area contributed by atoms with Gasteiger partial charge in [0.1, 0.15) is 0 Å². The van der Waals surface area contributed by atoms with Crippen LogP contribution in [0.1, 0.15) is 27.7 Å². The second kappa shape index (κ2) is 7.85. The van der Waals surface area contributed by atoms with Gasteiger partial charge >= 0.3 is 0 Å². The van der Waals surface area contributed by atoms with Gasteiger partial charge in [0, 0.05) is 19.2 Å². The minimum absolute atomic E-state index is 0.116. The third-order valence-electron chi connectivity index (χ3n) is 1.88. The van der Waals surface area contributed by atoms with Crippen LogP contribution in [0.4, 0.5) is 0 Å². The molecule has 3 nitrogen and oxygen atoms in total. The van der Waals surface area contributed by atoms with Gasteiger partial charge in [0.2, 0.25) is 0 Å². The molecule has 0 aliphatic rings. The van der Waals surface area contributed by atoms with Crippen molar-refractivity contribution in [1.82, 2.24) is 5.32 Å². The third-order valence-corrected chi connectivity index (χ3v) is 1.88. The summed E-state index contributed by atoms with van der Waals surface area (Å²) in [5.41, 5.74) is 0.121. The first-order valence-electron chi connectivity index (χ1n) is 5.46. The first kappa shape index (κ1) is 14.6. The molecule has 0 amide bonds. The zero-order valence-corrected chi connectivity index (χ0v) is 10.7. The highest BCUT2D eigenvalue weighted by molar-refractivity contribution is 4.78. The standard InChI is InChI=1S/C12H25NO2/c1-6-7-8-15-11(10-14-5)9-13-12(2,3)4/h6-7,11,13H,8-10H2,1-5H3/b7-6+. The fourth-order valence-corrected chi connectivity index (χ4v) is 1.06. The lowest BCUT2D eigenvalue weighted by Crippen LogP contribution is -2.43. The van der Waals surface area contributed by atoms with Gasteiger partial charge in [-0.1, -0.05) is 12.2 Å². The minimum atomic E-state index is 0.116. The van der Waals surface area contributed by atoms with E-state index in [9.17, 15) is 0 Å². The number of hydrogen-bond donors (Lipinski definition) is 1. The summed E-state index contributed by atoms with van der Waals surface area (Å²) in [6.07, 6.45) is 4.10. The summed E-state index contributed by atoms with van der Waals surface area (Å²) in [5, 5.41) is 3.40. The van der Waals surface area contributed by atoms with E-state index in [1.165, 1.54) is 0 Å². The highest BCUT2D eigenvalue weighted by atomic mass is 16.5. The Bertz CT molecular complexity index is 173. The zero-order chi connectivity index (χ0) is 11.7. The molecule has 0 saturated heterocycles. The largest absolute Gasteiger partial charge is 0.382 e. The van der Waals surface area contributed by atoms with Crippen molar-refractivity contribution in [1.29, 1.82) is 0 Å².